The van der Waals surface area contributed by atoms with Gasteiger partial charge in [-0.3, -0.25) is 9.63 Å². The molecule has 0 aliphatic rings. The number of hydroxylamine groups is 2. The molecule has 0 radical (unpaired) electrons. The van der Waals surface area contributed by atoms with Crippen LogP contribution in [0.1, 0.15) is 23.5 Å². The van der Waals surface area contributed by atoms with Crippen LogP contribution in [0.5, 0.6) is 0 Å². The summed E-state index contributed by atoms with van der Waals surface area (Å²) < 4.78 is 0. The molecule has 3 nitrogen and oxygen atoms in total. The van der Waals surface area contributed by atoms with Crippen molar-refractivity contribution < 1.29 is 9.63 Å². The molecule has 1 amide bonds. The van der Waals surface area contributed by atoms with Crippen molar-refractivity contribution in [2.24, 2.45) is 0 Å². The van der Waals surface area contributed by atoms with E-state index in [1.807, 2.05) is 30.3 Å². The smallest absolute Gasteiger partial charge is 0.253 e. The zero-order valence-corrected chi connectivity index (χ0v) is 16.2. The summed E-state index contributed by atoms with van der Waals surface area (Å²) in [5.41, 5.74) is 2.02. The third-order valence-corrected chi connectivity index (χ3v) is 4.86. The molecule has 3 aromatic rings. The maximum Gasteiger partial charge on any atom is 0.253 e. The molecule has 0 spiro atoms. The molecule has 0 aliphatic heterocycles. The Hall–Kier alpha value is -2.62. The molecule has 1 atom stereocenters. The fourth-order valence-corrected chi connectivity index (χ4v) is 3.16. The normalized spacial score (nSPS) is 12.4. The molecular formula is C23H22ClNO2. The van der Waals surface area contributed by atoms with Crippen molar-refractivity contribution in [3.05, 3.63) is 89.0 Å². The minimum Gasteiger partial charge on any atom is -0.275 e. The molecule has 3 rings (SSSR count). The number of carbonyl (C=O) groups excluding carboxylic acids is 1. The van der Waals surface area contributed by atoms with E-state index in [2.05, 4.69) is 36.4 Å². The summed E-state index contributed by atoms with van der Waals surface area (Å²) in [6.45, 7) is 0. The van der Waals surface area contributed by atoms with Gasteiger partial charge in [-0.2, -0.15) is 0 Å². The number of nitrogens with zero attached hydrogens (tertiary/aromatic N) is 1. The second-order valence-corrected chi connectivity index (χ2v) is 6.80. The minimum absolute atomic E-state index is 0.0945. The zero-order valence-electron chi connectivity index (χ0n) is 15.4. The predicted octanol–water partition coefficient (Wildman–Crippen LogP) is 5.70. The summed E-state index contributed by atoms with van der Waals surface area (Å²) in [5, 5.41) is 4.33. The lowest BCUT2D eigenvalue weighted by atomic mass is 9.94. The van der Waals surface area contributed by atoms with E-state index in [1.165, 1.54) is 22.9 Å². The van der Waals surface area contributed by atoms with Gasteiger partial charge in [-0.15, -0.1) is 0 Å². The summed E-state index contributed by atoms with van der Waals surface area (Å²) in [6, 6.07) is 22.0. The third-order valence-electron chi connectivity index (χ3n) is 4.61. The van der Waals surface area contributed by atoms with E-state index in [0.717, 1.165) is 11.1 Å². The van der Waals surface area contributed by atoms with Crippen molar-refractivity contribution in [3.63, 3.8) is 0 Å². The van der Waals surface area contributed by atoms with Gasteiger partial charge < -0.3 is 0 Å². The van der Waals surface area contributed by atoms with Crippen molar-refractivity contribution >= 4 is 34.4 Å². The number of halogens is 1. The van der Waals surface area contributed by atoms with Gasteiger partial charge >= 0.3 is 0 Å². The Labute approximate surface area is 164 Å². The van der Waals surface area contributed by atoms with E-state index in [9.17, 15) is 4.79 Å². The summed E-state index contributed by atoms with van der Waals surface area (Å²) in [5.74, 6) is -0.424. The Kier molecular flexibility index (Phi) is 6.28. The highest BCUT2D eigenvalue weighted by Gasteiger charge is 2.23. The molecule has 0 heterocycles. The SMILES string of the molecule is CON(C)C(=O)[C@@H](CC=Cc1ccc2ccccc2c1)c1ccc(Cl)cc1. The monoisotopic (exact) mass is 379 g/mol. The molecule has 3 aromatic carbocycles. The zero-order chi connectivity index (χ0) is 19.2. The maximum atomic E-state index is 12.7. The van der Waals surface area contributed by atoms with Crippen molar-refractivity contribution in [1.29, 1.82) is 0 Å². The number of amides is 1. The number of hydrogen-bond acceptors (Lipinski definition) is 2. The summed E-state index contributed by atoms with van der Waals surface area (Å²) in [6.07, 6.45) is 4.65. The number of carbonyl (C=O) groups is 1. The molecule has 0 N–H and O–H groups in total. The van der Waals surface area contributed by atoms with Crippen LogP contribution in [-0.4, -0.2) is 25.1 Å². The van der Waals surface area contributed by atoms with E-state index >= 15 is 0 Å². The highest BCUT2D eigenvalue weighted by molar-refractivity contribution is 6.30. The Morgan fingerprint density at radius 2 is 1.78 bits per heavy atom. The second kappa shape index (κ2) is 8.85. The molecule has 0 bridgehead atoms. The Bertz CT molecular complexity index is 950. The Morgan fingerprint density at radius 1 is 1.07 bits per heavy atom. The van der Waals surface area contributed by atoms with Crippen LogP contribution in [0.3, 0.4) is 0 Å². The largest absolute Gasteiger partial charge is 0.275 e. The number of benzene rings is 3. The minimum atomic E-state index is -0.330. The molecule has 0 aromatic heterocycles. The van der Waals surface area contributed by atoms with E-state index in [0.29, 0.717) is 11.4 Å². The number of allylic oxidation sites excluding steroid dienone is 1. The molecule has 4 heteroatoms. The first-order valence-electron chi connectivity index (χ1n) is 8.81. The standard InChI is InChI=1S/C23H22ClNO2/c1-25(27-2)23(26)22(19-12-14-21(24)15-13-19)9-5-6-17-10-11-18-7-3-4-8-20(18)16-17/h3-8,10-16,22H,9H2,1-2H3/t22-/m0/s1. The van der Waals surface area contributed by atoms with Gasteiger partial charge in [0, 0.05) is 12.1 Å². The van der Waals surface area contributed by atoms with E-state index in [-0.39, 0.29) is 11.8 Å². The van der Waals surface area contributed by atoms with Crippen LogP contribution in [0.25, 0.3) is 16.8 Å². The quantitative estimate of drug-likeness (QED) is 0.514. The fraction of sp³-hybridized carbons (Fsp3) is 0.174. The molecule has 0 saturated heterocycles. The van der Waals surface area contributed by atoms with Crippen LogP contribution in [0.2, 0.25) is 5.02 Å². The first kappa shape index (κ1) is 19.2. The fourth-order valence-electron chi connectivity index (χ4n) is 3.04. The first-order chi connectivity index (χ1) is 13.1. The molecule has 138 valence electrons. The Balaban J connectivity index is 1.81. The van der Waals surface area contributed by atoms with Gasteiger partial charge in [0.1, 0.15) is 0 Å². The van der Waals surface area contributed by atoms with Gasteiger partial charge in [0.2, 0.25) is 0 Å². The van der Waals surface area contributed by atoms with Gasteiger partial charge in [0.25, 0.3) is 5.91 Å². The van der Waals surface area contributed by atoms with Crippen LogP contribution in [0.15, 0.2) is 72.8 Å². The highest BCUT2D eigenvalue weighted by Crippen LogP contribution is 2.25. The van der Waals surface area contributed by atoms with Crippen LogP contribution in [-0.2, 0) is 9.63 Å². The van der Waals surface area contributed by atoms with E-state index < -0.39 is 0 Å². The lowest BCUT2D eigenvalue weighted by molar-refractivity contribution is -0.170. The number of fused-ring (bicyclic) bond motifs is 1. The van der Waals surface area contributed by atoms with Crippen molar-refractivity contribution in [1.82, 2.24) is 5.06 Å². The Morgan fingerprint density at radius 3 is 2.48 bits per heavy atom. The maximum absolute atomic E-state index is 12.7. The molecule has 0 unspecified atom stereocenters. The molecular weight excluding hydrogens is 358 g/mol. The van der Waals surface area contributed by atoms with E-state index in [1.54, 1.807) is 19.2 Å². The number of hydrogen-bond donors (Lipinski definition) is 0. The molecule has 27 heavy (non-hydrogen) atoms. The van der Waals surface area contributed by atoms with Crippen LogP contribution in [0, 0.1) is 0 Å². The molecule has 0 fully saturated rings. The first-order valence-corrected chi connectivity index (χ1v) is 9.19. The summed E-state index contributed by atoms with van der Waals surface area (Å²) in [7, 11) is 3.11. The van der Waals surface area contributed by atoms with Gasteiger partial charge in [-0.05, 0) is 46.5 Å². The summed E-state index contributed by atoms with van der Waals surface area (Å²) in [4.78, 5) is 17.8. The van der Waals surface area contributed by atoms with E-state index in [4.69, 9.17) is 16.4 Å². The molecule has 0 aliphatic carbocycles. The number of rotatable bonds is 6. The predicted molar refractivity (Wildman–Crippen MR) is 112 cm³/mol. The average Bonchev–Trinajstić information content (AvgIpc) is 2.71. The van der Waals surface area contributed by atoms with Gasteiger partial charge in [0.05, 0.1) is 13.0 Å². The van der Waals surface area contributed by atoms with Crippen molar-refractivity contribution in [2.45, 2.75) is 12.3 Å². The molecule has 0 saturated carbocycles. The van der Waals surface area contributed by atoms with Crippen LogP contribution >= 0.6 is 11.6 Å². The van der Waals surface area contributed by atoms with Crippen molar-refractivity contribution in [3.8, 4) is 0 Å². The topological polar surface area (TPSA) is 29.5 Å². The van der Waals surface area contributed by atoms with Crippen LogP contribution < -0.4 is 0 Å². The lowest BCUT2D eigenvalue weighted by Gasteiger charge is -2.21. The average molecular weight is 380 g/mol. The van der Waals surface area contributed by atoms with Crippen LogP contribution in [0.4, 0.5) is 0 Å². The van der Waals surface area contributed by atoms with Gasteiger partial charge in [-0.1, -0.05) is 72.3 Å². The third kappa shape index (κ3) is 4.76. The highest BCUT2D eigenvalue weighted by atomic mass is 35.5. The summed E-state index contributed by atoms with van der Waals surface area (Å²) >= 11 is 5.98. The van der Waals surface area contributed by atoms with Gasteiger partial charge in [-0.25, -0.2) is 5.06 Å². The lowest BCUT2D eigenvalue weighted by Crippen LogP contribution is -2.30. The van der Waals surface area contributed by atoms with Crippen molar-refractivity contribution in [2.75, 3.05) is 14.2 Å². The number of likely N-dealkylation sites (N-methyl/N-ethyl adjacent to an activating group) is 1. The van der Waals surface area contributed by atoms with Gasteiger partial charge in [0.15, 0.2) is 0 Å². The second-order valence-electron chi connectivity index (χ2n) is 6.37.